The number of rotatable bonds is 67. The van der Waals surface area contributed by atoms with Crippen LogP contribution >= 0.6 is 15.6 Å². The molecule has 3 N–H and O–H groups in total. The molecule has 19 heteroatoms. The number of carbonyl (C=O) groups is 4. The number of allylic oxidation sites excluding steroid dienone is 8. The summed E-state index contributed by atoms with van der Waals surface area (Å²) in [4.78, 5) is 72.5. The molecule has 17 nitrogen and oxygen atoms in total. The summed E-state index contributed by atoms with van der Waals surface area (Å²) in [6.07, 6.45) is 55.8. The Morgan fingerprint density at radius 1 is 0.344 bits per heavy atom. The van der Waals surface area contributed by atoms with Gasteiger partial charge in [-0.05, 0) is 83.0 Å². The zero-order valence-corrected chi connectivity index (χ0v) is 59.0. The maximum atomic E-state index is 13.0. The number of phosphoric ester groups is 2. The summed E-state index contributed by atoms with van der Waals surface area (Å²) in [5, 5.41) is 10.6. The van der Waals surface area contributed by atoms with E-state index < -0.39 is 97.5 Å². The van der Waals surface area contributed by atoms with E-state index in [4.69, 9.17) is 37.0 Å². The normalized spacial score (nSPS) is 14.4. The van der Waals surface area contributed by atoms with Crippen LogP contribution < -0.4 is 0 Å². The second-order valence-corrected chi connectivity index (χ2v) is 27.6. The van der Waals surface area contributed by atoms with Crippen molar-refractivity contribution in [3.05, 3.63) is 48.6 Å². The van der Waals surface area contributed by atoms with Crippen molar-refractivity contribution in [3.8, 4) is 0 Å². The first-order valence-electron chi connectivity index (χ1n) is 35.8. The van der Waals surface area contributed by atoms with Gasteiger partial charge >= 0.3 is 39.5 Å². The zero-order chi connectivity index (χ0) is 66.3. The van der Waals surface area contributed by atoms with Crippen LogP contribution in [0.5, 0.6) is 0 Å². The summed E-state index contributed by atoms with van der Waals surface area (Å²) in [6, 6.07) is 0. The Kier molecular flexibility index (Phi) is 61.3. The molecule has 0 aliphatic carbocycles. The summed E-state index contributed by atoms with van der Waals surface area (Å²) in [7, 11) is -9.92. The molecule has 0 aromatic heterocycles. The summed E-state index contributed by atoms with van der Waals surface area (Å²) in [5.74, 6) is -1.47. The molecule has 0 aliphatic rings. The van der Waals surface area contributed by atoms with E-state index in [1.54, 1.807) is 0 Å². The van der Waals surface area contributed by atoms with E-state index in [9.17, 15) is 43.2 Å². The average molecular weight is 1320 g/mol. The van der Waals surface area contributed by atoms with Gasteiger partial charge in [0.25, 0.3) is 0 Å². The topological polar surface area (TPSA) is 237 Å². The summed E-state index contributed by atoms with van der Waals surface area (Å²) >= 11 is 0. The molecular weight excluding hydrogens is 1190 g/mol. The highest BCUT2D eigenvalue weighted by atomic mass is 31.2. The van der Waals surface area contributed by atoms with Crippen LogP contribution in [0.1, 0.15) is 317 Å². The van der Waals surface area contributed by atoms with Crippen LogP contribution in [-0.2, 0) is 65.4 Å². The molecule has 5 atom stereocenters. The van der Waals surface area contributed by atoms with E-state index in [1.807, 2.05) is 0 Å². The molecule has 0 aromatic rings. The van der Waals surface area contributed by atoms with Crippen LogP contribution in [0.2, 0.25) is 0 Å². The van der Waals surface area contributed by atoms with E-state index in [2.05, 4.69) is 83.2 Å². The molecule has 0 aromatic carbocycles. The zero-order valence-electron chi connectivity index (χ0n) is 57.2. The molecular formula is C71H130O17P2. The lowest BCUT2D eigenvalue weighted by Gasteiger charge is -2.21. The van der Waals surface area contributed by atoms with Crippen LogP contribution in [0.4, 0.5) is 0 Å². The van der Waals surface area contributed by atoms with Gasteiger partial charge in [0.15, 0.2) is 12.2 Å². The Labute approximate surface area is 547 Å². The van der Waals surface area contributed by atoms with Gasteiger partial charge in [0.2, 0.25) is 0 Å². The number of carbonyl (C=O) groups excluding carboxylic acids is 4. The summed E-state index contributed by atoms with van der Waals surface area (Å²) in [6.45, 7) is 7.05. The van der Waals surface area contributed by atoms with Gasteiger partial charge in [-0.25, -0.2) is 9.13 Å². The van der Waals surface area contributed by atoms with Crippen LogP contribution in [-0.4, -0.2) is 96.7 Å². The number of ether oxygens (including phenoxy) is 4. The third-order valence-corrected chi connectivity index (χ3v) is 17.2. The maximum Gasteiger partial charge on any atom is 0.472 e. The monoisotopic (exact) mass is 1320 g/mol. The molecule has 90 heavy (non-hydrogen) atoms. The van der Waals surface area contributed by atoms with Crippen molar-refractivity contribution in [1.29, 1.82) is 0 Å². The average Bonchev–Trinajstić information content (AvgIpc) is 3.30. The number of hydrogen-bond acceptors (Lipinski definition) is 15. The van der Waals surface area contributed by atoms with E-state index in [0.29, 0.717) is 31.6 Å². The van der Waals surface area contributed by atoms with Gasteiger partial charge in [-0.1, -0.05) is 263 Å². The van der Waals surface area contributed by atoms with Crippen LogP contribution in [0.25, 0.3) is 0 Å². The van der Waals surface area contributed by atoms with Gasteiger partial charge in [0.05, 0.1) is 26.4 Å². The lowest BCUT2D eigenvalue weighted by Crippen LogP contribution is -2.30. The van der Waals surface area contributed by atoms with Gasteiger partial charge in [0.1, 0.15) is 19.3 Å². The maximum absolute atomic E-state index is 13.0. The van der Waals surface area contributed by atoms with Gasteiger partial charge in [-0.2, -0.15) is 0 Å². The first-order chi connectivity index (χ1) is 43.5. The van der Waals surface area contributed by atoms with Crippen molar-refractivity contribution in [2.24, 2.45) is 5.92 Å². The molecule has 526 valence electrons. The van der Waals surface area contributed by atoms with Crippen molar-refractivity contribution < 1.29 is 80.2 Å². The minimum Gasteiger partial charge on any atom is -0.462 e. The third kappa shape index (κ3) is 63.8. The Bertz CT molecular complexity index is 1920. The Hall–Kier alpha value is -2.98. The highest BCUT2D eigenvalue weighted by Gasteiger charge is 2.30. The predicted octanol–water partition coefficient (Wildman–Crippen LogP) is 19.6. The largest absolute Gasteiger partial charge is 0.472 e. The van der Waals surface area contributed by atoms with Crippen LogP contribution in [0, 0.1) is 5.92 Å². The molecule has 0 spiro atoms. The Morgan fingerprint density at radius 3 is 0.911 bits per heavy atom. The first-order valence-corrected chi connectivity index (χ1v) is 38.8. The molecule has 0 saturated heterocycles. The summed E-state index contributed by atoms with van der Waals surface area (Å²) < 4.78 is 68.2. The fourth-order valence-electron chi connectivity index (χ4n) is 9.74. The fraction of sp³-hybridized carbons (Fsp3) is 0.831. The van der Waals surface area contributed by atoms with Crippen molar-refractivity contribution in [3.63, 3.8) is 0 Å². The number of aliphatic hydroxyl groups is 1. The first kappa shape index (κ1) is 87.0. The third-order valence-electron chi connectivity index (χ3n) is 15.3. The second-order valence-electron chi connectivity index (χ2n) is 24.7. The predicted molar refractivity (Wildman–Crippen MR) is 363 cm³/mol. The smallest absolute Gasteiger partial charge is 0.462 e. The van der Waals surface area contributed by atoms with Crippen molar-refractivity contribution in [2.45, 2.75) is 335 Å². The van der Waals surface area contributed by atoms with Gasteiger partial charge in [-0.3, -0.25) is 37.3 Å². The molecule has 0 fully saturated rings. The van der Waals surface area contributed by atoms with Gasteiger partial charge < -0.3 is 33.8 Å². The summed E-state index contributed by atoms with van der Waals surface area (Å²) in [5.41, 5.74) is 0. The molecule has 0 heterocycles. The van der Waals surface area contributed by atoms with Crippen LogP contribution in [0.15, 0.2) is 48.6 Å². The van der Waals surface area contributed by atoms with Crippen molar-refractivity contribution in [2.75, 3.05) is 39.6 Å². The molecule has 0 radical (unpaired) electrons. The van der Waals surface area contributed by atoms with E-state index in [-0.39, 0.29) is 25.7 Å². The van der Waals surface area contributed by atoms with Crippen molar-refractivity contribution >= 4 is 39.5 Å². The number of aliphatic hydroxyl groups excluding tert-OH is 1. The minimum atomic E-state index is -4.97. The van der Waals surface area contributed by atoms with Crippen LogP contribution in [0.3, 0.4) is 0 Å². The highest BCUT2D eigenvalue weighted by Crippen LogP contribution is 2.45. The lowest BCUT2D eigenvalue weighted by molar-refractivity contribution is -0.161. The minimum absolute atomic E-state index is 0.0781. The standard InChI is InChI=1S/C71H130O17P2/c1-6-9-12-15-18-21-23-25-27-29-31-34-40-45-50-55-69(74)82-61-66(87-70(75)56-51-46-41-35-32-30-28-26-24-22-19-16-13-10-7-2)62-85-89(77,78)83-58-65(72)59-84-90(79,80)86-63-67(60-81-68(73)54-49-44-39-33-20-17-14-11-8-3)88-71(76)57-52-47-42-37-36-38-43-48-53-64(4)5/h21-28,64-67,72H,6-20,29-63H2,1-5H3,(H,77,78)(H,79,80)/b23-21-,24-22-,27-25-,28-26-/t65-,66-,67-/m1/s1. The van der Waals surface area contributed by atoms with Gasteiger partial charge in [0, 0.05) is 25.7 Å². The quantitative estimate of drug-likeness (QED) is 0.0169. The van der Waals surface area contributed by atoms with E-state index in [1.165, 1.54) is 109 Å². The Morgan fingerprint density at radius 2 is 0.600 bits per heavy atom. The van der Waals surface area contributed by atoms with Crippen molar-refractivity contribution in [1.82, 2.24) is 0 Å². The number of esters is 4. The second kappa shape index (κ2) is 63.4. The molecule has 0 rings (SSSR count). The SMILES string of the molecule is CCCCCC/C=C\C=C/CCCCCCCC(=O)OC[C@H](COP(=O)(O)OC[C@@H](O)COP(=O)(O)OC[C@@H](COC(=O)CCCCCCCCCCC)OC(=O)CCCCCCCCCCC(C)C)OC(=O)CCCCCCC/C=C\C=C/CCCCCC. The van der Waals surface area contributed by atoms with Gasteiger partial charge in [-0.15, -0.1) is 0 Å². The number of hydrogen-bond donors (Lipinski definition) is 3. The van der Waals surface area contributed by atoms with E-state index in [0.717, 1.165) is 122 Å². The molecule has 2 unspecified atom stereocenters. The Balaban J connectivity index is 5.31. The van der Waals surface area contributed by atoms with E-state index >= 15 is 0 Å². The molecule has 0 saturated carbocycles. The molecule has 0 aliphatic heterocycles. The number of phosphoric acid groups is 2. The number of unbranched alkanes of at least 4 members (excludes halogenated alkanes) is 33. The molecule has 0 amide bonds. The molecule has 0 bridgehead atoms. The highest BCUT2D eigenvalue weighted by molar-refractivity contribution is 7.47. The fourth-order valence-corrected chi connectivity index (χ4v) is 11.3. The lowest BCUT2D eigenvalue weighted by atomic mass is 10.0.